The summed E-state index contributed by atoms with van der Waals surface area (Å²) in [5.74, 6) is 1.59. The molecule has 4 aromatic heterocycles. The van der Waals surface area contributed by atoms with Crippen molar-refractivity contribution >= 4 is 60.7 Å². The van der Waals surface area contributed by atoms with Gasteiger partial charge < -0.3 is 30.3 Å². The summed E-state index contributed by atoms with van der Waals surface area (Å²) in [6, 6.07) is 23.0. The number of nitrogens with one attached hydrogen (secondary N) is 3. The zero-order valence-electron chi connectivity index (χ0n) is 37.2. The second kappa shape index (κ2) is 27.4. The van der Waals surface area contributed by atoms with Crippen molar-refractivity contribution in [1.82, 2.24) is 40.8 Å². The third-order valence-electron chi connectivity index (χ3n) is 10.5. The van der Waals surface area contributed by atoms with E-state index in [0.717, 1.165) is 132 Å². The van der Waals surface area contributed by atoms with Gasteiger partial charge in [0.2, 0.25) is 11.8 Å². The molecular weight excluding hydrogens is 925 g/mol. The Balaban J connectivity index is 0.000000193. The molecule has 0 saturated carbocycles. The van der Waals surface area contributed by atoms with Gasteiger partial charge in [0.25, 0.3) is 0 Å². The summed E-state index contributed by atoms with van der Waals surface area (Å²) >= 11 is 6.44. The molecule has 0 atom stereocenters. The standard InChI is InChI=1S/C24H29N5O2S.C20H20BrN3O2S.C4H10N2/c1-31-21-5-2-4-19(16-21)17-23(30)29(13-3-12-28-14-10-26-11-15-28)24-27-22(18-32-24)20-6-8-25-9-7-20;1-26-17-5-2-4-15(12-17)13-19(25)24(11-3-8-21)20-23-18(14-27-20)16-6-9-22-10-7-16;1-2-6-4-3-5-1/h2,4-9,16,18,26H,3,10-15,17H2,1H3;2,4-7,9-10,12,14H,3,8,11,13H2,1H3;5-6H,1-4H2. The number of hydrogen-bond acceptors (Lipinski definition) is 14. The van der Waals surface area contributed by atoms with Crippen molar-refractivity contribution in [3.8, 4) is 34.0 Å². The van der Waals surface area contributed by atoms with Gasteiger partial charge >= 0.3 is 0 Å². The lowest BCUT2D eigenvalue weighted by Crippen LogP contribution is -2.44. The minimum absolute atomic E-state index is 0.0276. The molecule has 6 heterocycles. The van der Waals surface area contributed by atoms with Crippen LogP contribution in [0.5, 0.6) is 11.5 Å². The summed E-state index contributed by atoms with van der Waals surface area (Å²) in [5.41, 5.74) is 5.59. The quantitative estimate of drug-likeness (QED) is 0.0823. The Kier molecular flexibility index (Phi) is 20.8. The highest BCUT2D eigenvalue weighted by Gasteiger charge is 2.22. The highest BCUT2D eigenvalue weighted by Crippen LogP contribution is 2.30. The van der Waals surface area contributed by atoms with Gasteiger partial charge in [0.1, 0.15) is 11.5 Å². The maximum Gasteiger partial charge on any atom is 0.233 e. The third-order valence-corrected chi connectivity index (χ3v) is 12.8. The number of benzene rings is 2. The molecule has 2 aliphatic rings. The first-order chi connectivity index (χ1) is 31.9. The molecule has 0 spiro atoms. The van der Waals surface area contributed by atoms with Crippen molar-refractivity contribution in [2.24, 2.45) is 0 Å². The van der Waals surface area contributed by atoms with Crippen LogP contribution in [-0.4, -0.2) is 128 Å². The smallest absolute Gasteiger partial charge is 0.233 e. The maximum atomic E-state index is 13.4. The summed E-state index contributed by atoms with van der Waals surface area (Å²) in [4.78, 5) is 50.0. The summed E-state index contributed by atoms with van der Waals surface area (Å²) in [5, 5.41) is 16.1. The summed E-state index contributed by atoms with van der Waals surface area (Å²) < 4.78 is 10.6. The first kappa shape index (κ1) is 49.3. The normalized spacial score (nSPS) is 13.6. The zero-order chi connectivity index (χ0) is 45.5. The van der Waals surface area contributed by atoms with Crippen LogP contribution in [0, 0.1) is 0 Å². The minimum atomic E-state index is 0.0276. The maximum absolute atomic E-state index is 13.4. The van der Waals surface area contributed by atoms with Crippen LogP contribution in [0.2, 0.25) is 0 Å². The highest BCUT2D eigenvalue weighted by atomic mass is 79.9. The van der Waals surface area contributed by atoms with Crippen molar-refractivity contribution in [1.29, 1.82) is 0 Å². The summed E-state index contributed by atoms with van der Waals surface area (Å²) in [6.07, 6.45) is 9.39. The number of alkyl halides is 1. The Hall–Kier alpha value is -5.14. The molecular formula is C48H59BrN10O4S2. The first-order valence-electron chi connectivity index (χ1n) is 21.9. The number of carbonyl (C=O) groups excluding carboxylic acids is 2. The molecule has 0 radical (unpaired) electrons. The average Bonchev–Trinajstić information content (AvgIpc) is 4.07. The van der Waals surface area contributed by atoms with E-state index in [4.69, 9.17) is 14.5 Å². The van der Waals surface area contributed by atoms with Gasteiger partial charge in [0, 0.05) is 117 Å². The minimum Gasteiger partial charge on any atom is -0.497 e. The van der Waals surface area contributed by atoms with Crippen molar-refractivity contribution in [3.63, 3.8) is 0 Å². The van der Waals surface area contributed by atoms with Crippen LogP contribution in [-0.2, 0) is 22.4 Å². The fourth-order valence-corrected chi connectivity index (χ4v) is 9.06. The SMILES string of the molecule is C1CNCCN1.COc1cccc(CC(=O)N(CCCBr)c2nc(-c3ccncc3)cs2)c1.COc1cccc(CC(=O)N(CCCN2CCNCC2)c2nc(-c3ccncc3)cs2)c1. The molecule has 0 bridgehead atoms. The van der Waals surface area contributed by atoms with Gasteiger partial charge in [-0.3, -0.25) is 29.4 Å². The molecule has 0 aliphatic carbocycles. The highest BCUT2D eigenvalue weighted by molar-refractivity contribution is 9.09. The lowest BCUT2D eigenvalue weighted by Gasteiger charge is -2.28. The number of rotatable bonds is 17. The van der Waals surface area contributed by atoms with Crippen LogP contribution < -0.4 is 35.2 Å². The van der Waals surface area contributed by atoms with Crippen molar-refractivity contribution in [2.75, 3.05) is 101 Å². The van der Waals surface area contributed by atoms with E-state index in [1.54, 1.807) is 43.9 Å². The summed E-state index contributed by atoms with van der Waals surface area (Å²) in [7, 11) is 3.26. The van der Waals surface area contributed by atoms with E-state index in [-0.39, 0.29) is 11.8 Å². The van der Waals surface area contributed by atoms with Crippen LogP contribution in [0.25, 0.3) is 22.5 Å². The van der Waals surface area contributed by atoms with E-state index in [1.807, 2.05) is 88.5 Å². The van der Waals surface area contributed by atoms with Crippen molar-refractivity contribution in [3.05, 3.63) is 119 Å². The number of methoxy groups -OCH3 is 2. The second-order valence-electron chi connectivity index (χ2n) is 15.1. The molecule has 2 saturated heterocycles. The van der Waals surface area contributed by atoms with Crippen LogP contribution in [0.1, 0.15) is 24.0 Å². The number of pyridine rings is 2. The van der Waals surface area contributed by atoms with Crippen LogP contribution in [0.15, 0.2) is 108 Å². The Morgan fingerprint density at radius 2 is 1.09 bits per heavy atom. The Morgan fingerprint density at radius 3 is 1.52 bits per heavy atom. The fourth-order valence-electron chi connectivity index (χ4n) is 7.05. The molecule has 2 aliphatic heterocycles. The molecule has 2 aromatic carbocycles. The third kappa shape index (κ3) is 16.1. The lowest BCUT2D eigenvalue weighted by atomic mass is 10.1. The van der Waals surface area contributed by atoms with Gasteiger partial charge in [-0.1, -0.05) is 40.2 Å². The molecule has 6 aromatic rings. The molecule has 344 valence electrons. The van der Waals surface area contributed by atoms with E-state index in [2.05, 4.69) is 51.7 Å². The molecule has 2 amide bonds. The Morgan fingerprint density at radius 1 is 0.646 bits per heavy atom. The van der Waals surface area contributed by atoms with E-state index in [0.29, 0.717) is 25.9 Å². The topological polar surface area (TPSA) is 150 Å². The largest absolute Gasteiger partial charge is 0.497 e. The molecule has 2 fully saturated rings. The lowest BCUT2D eigenvalue weighted by molar-refractivity contribution is -0.118. The number of carbonyl (C=O) groups is 2. The van der Waals surface area contributed by atoms with Crippen molar-refractivity contribution < 1.29 is 19.1 Å². The molecule has 0 unspecified atom stereocenters. The number of hydrogen-bond donors (Lipinski definition) is 3. The number of anilines is 2. The van der Waals surface area contributed by atoms with E-state index < -0.39 is 0 Å². The first-order valence-corrected chi connectivity index (χ1v) is 24.8. The number of thiazole rings is 2. The van der Waals surface area contributed by atoms with Gasteiger partial charge in [0.05, 0.1) is 38.4 Å². The predicted octanol–water partition coefficient (Wildman–Crippen LogP) is 6.84. The van der Waals surface area contributed by atoms with E-state index in [1.165, 1.54) is 22.7 Å². The van der Waals surface area contributed by atoms with E-state index in [9.17, 15) is 9.59 Å². The van der Waals surface area contributed by atoms with Gasteiger partial charge in [-0.25, -0.2) is 9.97 Å². The number of nitrogens with zero attached hydrogens (tertiary/aromatic N) is 7. The number of ether oxygens (including phenoxy) is 2. The van der Waals surface area contributed by atoms with Crippen LogP contribution in [0.4, 0.5) is 10.3 Å². The molecule has 14 nitrogen and oxygen atoms in total. The Labute approximate surface area is 399 Å². The predicted molar refractivity (Wildman–Crippen MR) is 267 cm³/mol. The molecule has 3 N–H and O–H groups in total. The van der Waals surface area contributed by atoms with Crippen LogP contribution in [0.3, 0.4) is 0 Å². The summed E-state index contributed by atoms with van der Waals surface area (Å²) in [6.45, 7) is 11.0. The van der Waals surface area contributed by atoms with Crippen molar-refractivity contribution in [2.45, 2.75) is 25.7 Å². The number of aromatic nitrogens is 4. The number of halogens is 1. The van der Waals surface area contributed by atoms with Gasteiger partial charge in [0.15, 0.2) is 10.3 Å². The fraction of sp³-hybridized carbons (Fsp3) is 0.375. The second-order valence-corrected chi connectivity index (χ2v) is 17.6. The monoisotopic (exact) mass is 982 g/mol. The zero-order valence-corrected chi connectivity index (χ0v) is 40.4. The molecule has 17 heteroatoms. The number of piperazine rings is 2. The van der Waals surface area contributed by atoms with E-state index >= 15 is 0 Å². The van der Waals surface area contributed by atoms with Gasteiger partial charge in [-0.05, 0) is 79.0 Å². The number of amides is 2. The van der Waals surface area contributed by atoms with Crippen LogP contribution >= 0.6 is 38.6 Å². The molecule has 8 rings (SSSR count). The average molecular weight is 984 g/mol. The van der Waals surface area contributed by atoms with Gasteiger partial charge in [-0.2, -0.15) is 0 Å². The Bertz CT molecular complexity index is 2300. The van der Waals surface area contributed by atoms with Gasteiger partial charge in [-0.15, -0.1) is 22.7 Å². The molecule has 65 heavy (non-hydrogen) atoms.